The minimum Gasteiger partial charge on any atom is -0.496 e. The van der Waals surface area contributed by atoms with Crippen LogP contribution in [0.3, 0.4) is 0 Å². The number of hydrogen-bond acceptors (Lipinski definition) is 6. The highest BCUT2D eigenvalue weighted by Gasteiger charge is 2.18. The zero-order valence-corrected chi connectivity index (χ0v) is 15.3. The lowest BCUT2D eigenvalue weighted by molar-refractivity contribution is 0.0956. The lowest BCUT2D eigenvalue weighted by atomic mass is 10.1. The zero-order chi connectivity index (χ0) is 18.0. The molecule has 130 valence electrons. The van der Waals surface area contributed by atoms with Gasteiger partial charge in [0.1, 0.15) is 17.1 Å². The van der Waals surface area contributed by atoms with Gasteiger partial charge in [-0.25, -0.2) is 4.98 Å². The largest absolute Gasteiger partial charge is 0.496 e. The standard InChI is InChI=1S/C18H19N3O3S/c1-10-8-11(2)16-12(9-10)19-18(25-16)21-20-17(22)15-13(23-3)6-5-7-14(15)24-4/h5-9H,1-4H3,(H,19,21)(H,20,22). The van der Waals surface area contributed by atoms with Crippen molar-refractivity contribution in [3.63, 3.8) is 0 Å². The molecule has 3 rings (SSSR count). The Hall–Kier alpha value is -2.80. The summed E-state index contributed by atoms with van der Waals surface area (Å²) in [6.45, 7) is 4.09. The van der Waals surface area contributed by atoms with Crippen molar-refractivity contribution in [2.75, 3.05) is 19.6 Å². The van der Waals surface area contributed by atoms with E-state index in [1.165, 1.54) is 31.1 Å². The van der Waals surface area contributed by atoms with Crippen LogP contribution in [0.4, 0.5) is 5.13 Å². The molecule has 6 nitrogen and oxygen atoms in total. The van der Waals surface area contributed by atoms with Gasteiger partial charge in [0.25, 0.3) is 5.91 Å². The van der Waals surface area contributed by atoms with Crippen LogP contribution < -0.4 is 20.3 Å². The molecule has 3 aromatic rings. The molecule has 7 heteroatoms. The number of carbonyl (C=O) groups is 1. The van der Waals surface area contributed by atoms with Crippen LogP contribution in [0.15, 0.2) is 30.3 Å². The second-order valence-corrected chi connectivity index (χ2v) is 6.56. The number of nitrogens with zero attached hydrogens (tertiary/aromatic N) is 1. The molecular weight excluding hydrogens is 338 g/mol. The highest BCUT2D eigenvalue weighted by Crippen LogP contribution is 2.30. The van der Waals surface area contributed by atoms with E-state index in [1.807, 2.05) is 13.0 Å². The summed E-state index contributed by atoms with van der Waals surface area (Å²) in [5.74, 6) is 0.519. The molecule has 0 bridgehead atoms. The molecule has 2 aromatic carbocycles. The van der Waals surface area contributed by atoms with Crippen molar-refractivity contribution in [2.45, 2.75) is 13.8 Å². The Bertz CT molecular complexity index is 914. The highest BCUT2D eigenvalue weighted by atomic mass is 32.1. The molecule has 25 heavy (non-hydrogen) atoms. The van der Waals surface area contributed by atoms with Gasteiger partial charge in [0.05, 0.1) is 24.4 Å². The van der Waals surface area contributed by atoms with Crippen LogP contribution in [0, 0.1) is 13.8 Å². The number of benzene rings is 2. The molecule has 2 N–H and O–H groups in total. The van der Waals surface area contributed by atoms with Gasteiger partial charge in [0, 0.05) is 0 Å². The van der Waals surface area contributed by atoms with Crippen molar-refractivity contribution in [3.05, 3.63) is 47.0 Å². The number of anilines is 1. The van der Waals surface area contributed by atoms with Gasteiger partial charge in [-0.2, -0.15) is 0 Å². The Labute approximate surface area is 149 Å². The summed E-state index contributed by atoms with van der Waals surface area (Å²) in [6, 6.07) is 9.32. The number of nitrogens with one attached hydrogen (secondary N) is 2. The van der Waals surface area contributed by atoms with Crippen molar-refractivity contribution in [3.8, 4) is 11.5 Å². The third kappa shape index (κ3) is 3.36. The molecule has 0 spiro atoms. The zero-order valence-electron chi connectivity index (χ0n) is 14.5. The molecule has 1 aromatic heterocycles. The number of fused-ring (bicyclic) bond motifs is 1. The van der Waals surface area contributed by atoms with Gasteiger partial charge in [-0.3, -0.25) is 15.6 Å². The number of aromatic nitrogens is 1. The molecule has 0 aliphatic heterocycles. The van der Waals surface area contributed by atoms with Crippen molar-refractivity contribution >= 4 is 32.6 Å². The summed E-state index contributed by atoms with van der Waals surface area (Å²) in [5.41, 5.74) is 9.10. The first-order chi connectivity index (χ1) is 12.0. The maximum absolute atomic E-state index is 12.6. The van der Waals surface area contributed by atoms with Gasteiger partial charge in [0.15, 0.2) is 0 Å². The molecule has 1 amide bonds. The van der Waals surface area contributed by atoms with E-state index in [2.05, 4.69) is 28.8 Å². The second kappa shape index (κ2) is 6.98. The molecule has 0 fully saturated rings. The Kier molecular flexibility index (Phi) is 4.76. The topological polar surface area (TPSA) is 72.5 Å². The minimum atomic E-state index is -0.360. The maximum atomic E-state index is 12.6. The molecule has 0 saturated carbocycles. The quantitative estimate of drug-likeness (QED) is 0.682. The van der Waals surface area contributed by atoms with Crippen molar-refractivity contribution in [1.29, 1.82) is 0 Å². The fraction of sp³-hybridized carbons (Fsp3) is 0.222. The molecule has 0 saturated heterocycles. The Morgan fingerprint density at radius 2 is 1.80 bits per heavy atom. The summed E-state index contributed by atoms with van der Waals surface area (Å²) in [6.07, 6.45) is 0. The van der Waals surface area contributed by atoms with E-state index in [0.717, 1.165) is 15.8 Å². The van der Waals surface area contributed by atoms with Gasteiger partial charge < -0.3 is 9.47 Å². The van der Waals surface area contributed by atoms with Crippen molar-refractivity contribution in [2.24, 2.45) is 0 Å². The number of hydrogen-bond donors (Lipinski definition) is 2. The Morgan fingerprint density at radius 3 is 2.44 bits per heavy atom. The number of methoxy groups -OCH3 is 2. The lowest BCUT2D eigenvalue weighted by Crippen LogP contribution is -2.30. The van der Waals surface area contributed by atoms with E-state index in [1.54, 1.807) is 18.2 Å². The lowest BCUT2D eigenvalue weighted by Gasteiger charge is -2.12. The summed E-state index contributed by atoms with van der Waals surface area (Å²) < 4.78 is 11.6. The predicted molar refractivity (Wildman–Crippen MR) is 99.7 cm³/mol. The Balaban J connectivity index is 1.82. The van der Waals surface area contributed by atoms with E-state index in [9.17, 15) is 4.79 Å². The first-order valence-electron chi connectivity index (χ1n) is 7.68. The smallest absolute Gasteiger partial charge is 0.277 e. The van der Waals surface area contributed by atoms with Crippen molar-refractivity contribution in [1.82, 2.24) is 10.4 Å². The Morgan fingerprint density at radius 1 is 1.12 bits per heavy atom. The summed E-state index contributed by atoms with van der Waals surface area (Å²) in [7, 11) is 3.02. The van der Waals surface area contributed by atoms with Crippen LogP contribution in [0.25, 0.3) is 10.2 Å². The molecule has 1 heterocycles. The number of thiazole rings is 1. The third-order valence-corrected chi connectivity index (χ3v) is 4.88. The molecular formula is C18H19N3O3S. The number of carbonyl (C=O) groups excluding carboxylic acids is 1. The number of amides is 1. The monoisotopic (exact) mass is 357 g/mol. The first kappa shape index (κ1) is 17.0. The molecule has 0 unspecified atom stereocenters. The normalized spacial score (nSPS) is 10.6. The van der Waals surface area contributed by atoms with Gasteiger partial charge in [-0.1, -0.05) is 23.5 Å². The van der Waals surface area contributed by atoms with Crippen LogP contribution >= 0.6 is 11.3 Å². The number of rotatable bonds is 5. The third-order valence-electron chi connectivity index (χ3n) is 3.76. The van der Waals surface area contributed by atoms with Crippen molar-refractivity contribution < 1.29 is 14.3 Å². The van der Waals surface area contributed by atoms with Crippen LogP contribution in [0.2, 0.25) is 0 Å². The van der Waals surface area contributed by atoms with Crippen LogP contribution in [-0.2, 0) is 0 Å². The molecule has 0 aliphatic rings. The highest BCUT2D eigenvalue weighted by molar-refractivity contribution is 7.22. The molecule has 0 radical (unpaired) electrons. The van der Waals surface area contributed by atoms with E-state index in [4.69, 9.17) is 9.47 Å². The van der Waals surface area contributed by atoms with Crippen LogP contribution in [-0.4, -0.2) is 25.1 Å². The van der Waals surface area contributed by atoms with Crippen LogP contribution in [0.5, 0.6) is 11.5 Å². The summed E-state index contributed by atoms with van der Waals surface area (Å²) >= 11 is 1.49. The summed E-state index contributed by atoms with van der Waals surface area (Å²) in [4.78, 5) is 17.1. The number of ether oxygens (including phenoxy) is 2. The average Bonchev–Trinajstić information content (AvgIpc) is 3.02. The molecule has 0 atom stereocenters. The molecule has 0 aliphatic carbocycles. The SMILES string of the molecule is COc1cccc(OC)c1C(=O)NNc1nc2cc(C)cc(C)c2s1. The fourth-order valence-corrected chi connectivity index (χ4v) is 3.55. The fourth-order valence-electron chi connectivity index (χ4n) is 2.68. The van der Waals surface area contributed by atoms with Gasteiger partial charge >= 0.3 is 0 Å². The minimum absolute atomic E-state index is 0.327. The van der Waals surface area contributed by atoms with Crippen LogP contribution in [0.1, 0.15) is 21.5 Å². The van der Waals surface area contributed by atoms with E-state index < -0.39 is 0 Å². The summed E-state index contributed by atoms with van der Waals surface area (Å²) in [5, 5.41) is 0.617. The second-order valence-electron chi connectivity index (χ2n) is 5.57. The predicted octanol–water partition coefficient (Wildman–Crippen LogP) is 3.69. The van der Waals surface area contributed by atoms with E-state index in [0.29, 0.717) is 22.2 Å². The average molecular weight is 357 g/mol. The number of aryl methyl sites for hydroxylation is 2. The first-order valence-corrected chi connectivity index (χ1v) is 8.50. The van der Waals surface area contributed by atoms with Gasteiger partial charge in [0.2, 0.25) is 5.13 Å². The van der Waals surface area contributed by atoms with Gasteiger partial charge in [-0.05, 0) is 43.2 Å². The van der Waals surface area contributed by atoms with Gasteiger partial charge in [-0.15, -0.1) is 0 Å². The van der Waals surface area contributed by atoms with E-state index >= 15 is 0 Å². The maximum Gasteiger partial charge on any atom is 0.277 e. The number of hydrazine groups is 1. The van der Waals surface area contributed by atoms with E-state index in [-0.39, 0.29) is 5.91 Å².